The lowest BCUT2D eigenvalue weighted by Crippen LogP contribution is -2.00. The van der Waals surface area contributed by atoms with Crippen molar-refractivity contribution >= 4 is 33.2 Å². The summed E-state index contributed by atoms with van der Waals surface area (Å²) in [5.74, 6) is 0.244. The zero-order chi connectivity index (χ0) is 12.3. The minimum absolute atomic E-state index is 0.244. The fourth-order valence-corrected chi connectivity index (χ4v) is 2.11. The van der Waals surface area contributed by atoms with Gasteiger partial charge in [-0.15, -0.1) is 0 Å². The number of anilines is 1. The highest BCUT2D eigenvalue weighted by atomic mass is 79.9. The number of phenols is 1. The van der Waals surface area contributed by atoms with Crippen LogP contribution in [0.15, 0.2) is 46.9 Å². The van der Waals surface area contributed by atoms with E-state index in [-0.39, 0.29) is 5.75 Å². The number of phenolic OH excluding ortho intramolecular Hbond substituents is 1. The molecule has 0 amide bonds. The Hall–Kier alpha value is -1.19. The Kier molecular flexibility index (Phi) is 3.92. The maximum atomic E-state index is 9.67. The molecule has 88 valence electrons. The van der Waals surface area contributed by atoms with Crippen LogP contribution in [0.25, 0.3) is 0 Å². The van der Waals surface area contributed by atoms with Crippen LogP contribution in [-0.2, 0) is 6.54 Å². The van der Waals surface area contributed by atoms with Gasteiger partial charge in [0.2, 0.25) is 0 Å². The standard InChI is InChI=1S/C13H11BrClNO/c14-11-3-1-2-4-12(11)16-8-9-7-10(15)5-6-13(9)17/h1-7,16-17H,8H2. The number of benzene rings is 2. The second-order valence-electron chi connectivity index (χ2n) is 3.61. The Labute approximate surface area is 113 Å². The number of hydrogen-bond acceptors (Lipinski definition) is 2. The molecule has 0 saturated heterocycles. The molecule has 0 bridgehead atoms. The molecule has 0 radical (unpaired) electrons. The lowest BCUT2D eigenvalue weighted by atomic mass is 10.2. The topological polar surface area (TPSA) is 32.3 Å². The molecule has 0 aromatic heterocycles. The zero-order valence-electron chi connectivity index (χ0n) is 8.95. The minimum atomic E-state index is 0.244. The summed E-state index contributed by atoms with van der Waals surface area (Å²) < 4.78 is 0.988. The summed E-state index contributed by atoms with van der Waals surface area (Å²) in [4.78, 5) is 0. The first-order valence-corrected chi connectivity index (χ1v) is 6.30. The first kappa shape index (κ1) is 12.3. The molecular formula is C13H11BrClNO. The van der Waals surface area contributed by atoms with Crippen LogP contribution in [0.4, 0.5) is 5.69 Å². The Morgan fingerprint density at radius 1 is 1.18 bits per heavy atom. The highest BCUT2D eigenvalue weighted by Crippen LogP contribution is 2.25. The van der Waals surface area contributed by atoms with E-state index < -0.39 is 0 Å². The van der Waals surface area contributed by atoms with E-state index in [0.717, 1.165) is 15.7 Å². The predicted molar refractivity (Wildman–Crippen MR) is 74.6 cm³/mol. The van der Waals surface area contributed by atoms with E-state index >= 15 is 0 Å². The quantitative estimate of drug-likeness (QED) is 0.879. The second-order valence-corrected chi connectivity index (χ2v) is 4.90. The molecule has 2 nitrogen and oxygen atoms in total. The van der Waals surface area contributed by atoms with Crippen molar-refractivity contribution in [3.63, 3.8) is 0 Å². The van der Waals surface area contributed by atoms with Gasteiger partial charge in [0.05, 0.1) is 0 Å². The molecule has 0 spiro atoms. The molecule has 0 atom stereocenters. The van der Waals surface area contributed by atoms with E-state index in [1.807, 2.05) is 24.3 Å². The summed E-state index contributed by atoms with van der Waals surface area (Å²) in [7, 11) is 0. The first-order valence-electron chi connectivity index (χ1n) is 5.12. The third-order valence-electron chi connectivity index (χ3n) is 2.38. The summed E-state index contributed by atoms with van der Waals surface area (Å²) in [6.07, 6.45) is 0. The molecule has 2 aromatic carbocycles. The average Bonchev–Trinajstić information content (AvgIpc) is 2.32. The van der Waals surface area contributed by atoms with Gasteiger partial charge in [0.1, 0.15) is 5.75 Å². The highest BCUT2D eigenvalue weighted by Gasteiger charge is 2.03. The summed E-state index contributed by atoms with van der Waals surface area (Å²) >= 11 is 9.33. The smallest absolute Gasteiger partial charge is 0.120 e. The fourth-order valence-electron chi connectivity index (χ4n) is 1.49. The largest absolute Gasteiger partial charge is 0.508 e. The molecule has 2 rings (SSSR count). The van der Waals surface area contributed by atoms with Gasteiger partial charge >= 0.3 is 0 Å². The number of rotatable bonds is 3. The molecule has 0 heterocycles. The van der Waals surface area contributed by atoms with Crippen LogP contribution in [0.2, 0.25) is 5.02 Å². The monoisotopic (exact) mass is 311 g/mol. The molecule has 0 aliphatic carbocycles. The van der Waals surface area contributed by atoms with Gasteiger partial charge in [-0.05, 0) is 46.3 Å². The van der Waals surface area contributed by atoms with Crippen molar-refractivity contribution < 1.29 is 5.11 Å². The van der Waals surface area contributed by atoms with Gasteiger partial charge in [-0.25, -0.2) is 0 Å². The molecule has 2 N–H and O–H groups in total. The van der Waals surface area contributed by atoms with Crippen LogP contribution in [0.5, 0.6) is 5.75 Å². The van der Waals surface area contributed by atoms with Crippen LogP contribution in [-0.4, -0.2) is 5.11 Å². The van der Waals surface area contributed by atoms with E-state index in [2.05, 4.69) is 21.2 Å². The summed E-state index contributed by atoms with van der Waals surface area (Å²) in [6.45, 7) is 0.523. The van der Waals surface area contributed by atoms with Gasteiger partial charge in [0.25, 0.3) is 0 Å². The van der Waals surface area contributed by atoms with Gasteiger partial charge < -0.3 is 10.4 Å². The lowest BCUT2D eigenvalue weighted by Gasteiger charge is -2.10. The first-order chi connectivity index (χ1) is 8.16. The van der Waals surface area contributed by atoms with Crippen LogP contribution in [0, 0.1) is 0 Å². The number of nitrogens with one attached hydrogen (secondary N) is 1. The SMILES string of the molecule is Oc1ccc(Cl)cc1CNc1ccccc1Br. The molecule has 0 aliphatic heterocycles. The van der Waals surface area contributed by atoms with E-state index in [0.29, 0.717) is 11.6 Å². The Bertz CT molecular complexity index is 531. The van der Waals surface area contributed by atoms with Crippen LogP contribution in [0.3, 0.4) is 0 Å². The molecule has 0 saturated carbocycles. The Balaban J connectivity index is 2.12. The van der Waals surface area contributed by atoms with Crippen molar-refractivity contribution in [1.82, 2.24) is 0 Å². The molecular weight excluding hydrogens is 302 g/mol. The number of aromatic hydroxyl groups is 1. The van der Waals surface area contributed by atoms with Gasteiger partial charge in [-0.1, -0.05) is 23.7 Å². The molecule has 17 heavy (non-hydrogen) atoms. The summed E-state index contributed by atoms with van der Waals surface area (Å²) in [6, 6.07) is 12.8. The maximum absolute atomic E-state index is 9.67. The number of hydrogen-bond donors (Lipinski definition) is 2. The van der Waals surface area contributed by atoms with Crippen molar-refractivity contribution in [3.8, 4) is 5.75 Å². The normalized spacial score (nSPS) is 10.2. The van der Waals surface area contributed by atoms with Crippen molar-refractivity contribution in [1.29, 1.82) is 0 Å². The van der Waals surface area contributed by atoms with E-state index in [1.165, 1.54) is 0 Å². The van der Waals surface area contributed by atoms with Crippen molar-refractivity contribution in [2.75, 3.05) is 5.32 Å². The van der Waals surface area contributed by atoms with Crippen LogP contribution >= 0.6 is 27.5 Å². The van der Waals surface area contributed by atoms with E-state index in [1.54, 1.807) is 18.2 Å². The van der Waals surface area contributed by atoms with Crippen LogP contribution in [0.1, 0.15) is 5.56 Å². The van der Waals surface area contributed by atoms with Gasteiger partial charge in [0.15, 0.2) is 0 Å². The predicted octanol–water partition coefficient (Wildman–Crippen LogP) is 4.42. The second kappa shape index (κ2) is 5.43. The van der Waals surface area contributed by atoms with Gasteiger partial charge in [0, 0.05) is 27.3 Å². The van der Waals surface area contributed by atoms with E-state index in [9.17, 15) is 5.11 Å². The summed E-state index contributed by atoms with van der Waals surface area (Å²) in [5, 5.41) is 13.5. The van der Waals surface area contributed by atoms with Crippen molar-refractivity contribution in [2.45, 2.75) is 6.54 Å². The molecule has 0 aliphatic rings. The molecule has 2 aromatic rings. The van der Waals surface area contributed by atoms with Crippen molar-refractivity contribution in [2.24, 2.45) is 0 Å². The van der Waals surface area contributed by atoms with Crippen molar-refractivity contribution in [3.05, 3.63) is 57.5 Å². The maximum Gasteiger partial charge on any atom is 0.120 e. The van der Waals surface area contributed by atoms with Crippen LogP contribution < -0.4 is 5.32 Å². The molecule has 0 unspecified atom stereocenters. The summed E-state index contributed by atoms with van der Waals surface area (Å²) in [5.41, 5.74) is 1.75. The number of halogens is 2. The zero-order valence-corrected chi connectivity index (χ0v) is 11.3. The molecule has 4 heteroatoms. The fraction of sp³-hybridized carbons (Fsp3) is 0.0769. The Morgan fingerprint density at radius 3 is 2.71 bits per heavy atom. The number of para-hydroxylation sites is 1. The third kappa shape index (κ3) is 3.14. The Morgan fingerprint density at radius 2 is 1.94 bits per heavy atom. The average molecular weight is 313 g/mol. The van der Waals surface area contributed by atoms with Gasteiger partial charge in [-0.2, -0.15) is 0 Å². The molecule has 0 fully saturated rings. The van der Waals surface area contributed by atoms with Gasteiger partial charge in [-0.3, -0.25) is 0 Å². The lowest BCUT2D eigenvalue weighted by molar-refractivity contribution is 0.469. The third-order valence-corrected chi connectivity index (χ3v) is 3.31. The minimum Gasteiger partial charge on any atom is -0.508 e. The highest BCUT2D eigenvalue weighted by molar-refractivity contribution is 9.10. The van der Waals surface area contributed by atoms with E-state index in [4.69, 9.17) is 11.6 Å².